The van der Waals surface area contributed by atoms with Crippen LogP contribution < -0.4 is 4.90 Å². The fourth-order valence-electron chi connectivity index (χ4n) is 3.41. The number of halogens is 1. The number of rotatable bonds is 3. The van der Waals surface area contributed by atoms with Crippen molar-refractivity contribution in [2.24, 2.45) is 0 Å². The van der Waals surface area contributed by atoms with Crippen molar-refractivity contribution in [2.75, 3.05) is 38.3 Å². The molecular weight excluding hydrogens is 255 g/mol. The molecule has 1 fully saturated rings. The molecule has 0 aromatic heterocycles. The predicted molar refractivity (Wildman–Crippen MR) is 77.7 cm³/mol. The lowest BCUT2D eigenvalue weighted by molar-refractivity contribution is -0.122. The van der Waals surface area contributed by atoms with Crippen LogP contribution >= 0.6 is 0 Å². The molecule has 106 valence electrons. The van der Waals surface area contributed by atoms with E-state index in [1.807, 2.05) is 31.3 Å². The molecule has 2 aliphatic heterocycles. The molecule has 4 heteroatoms. The number of likely N-dealkylation sites (N-methyl/N-ethyl adjacent to an activating group) is 1. The van der Waals surface area contributed by atoms with Gasteiger partial charge in [-0.25, -0.2) is 4.39 Å². The van der Waals surface area contributed by atoms with Crippen molar-refractivity contribution in [1.29, 1.82) is 0 Å². The van der Waals surface area contributed by atoms with E-state index in [4.69, 9.17) is 0 Å². The molecule has 1 saturated heterocycles. The number of alkyl halides is 1. The predicted octanol–water partition coefficient (Wildman–Crippen LogP) is 2.13. The number of amides is 1. The number of anilines is 1. The summed E-state index contributed by atoms with van der Waals surface area (Å²) in [6, 6.07) is 7.88. The highest BCUT2D eigenvalue weighted by Gasteiger charge is 2.53. The Labute approximate surface area is 118 Å². The van der Waals surface area contributed by atoms with Gasteiger partial charge in [0, 0.05) is 18.8 Å². The zero-order chi connectivity index (χ0) is 14.3. The smallest absolute Gasteiger partial charge is 0.239 e. The Morgan fingerprint density at radius 2 is 2.20 bits per heavy atom. The van der Waals surface area contributed by atoms with Crippen molar-refractivity contribution in [3.8, 4) is 0 Å². The minimum absolute atomic E-state index is 0.0950. The quantitative estimate of drug-likeness (QED) is 0.788. The van der Waals surface area contributed by atoms with Crippen LogP contribution in [-0.2, 0) is 10.2 Å². The summed E-state index contributed by atoms with van der Waals surface area (Å²) in [5, 5.41) is 0. The van der Waals surface area contributed by atoms with Crippen molar-refractivity contribution in [3.63, 3.8) is 0 Å². The number of likely N-dealkylation sites (tertiary alicyclic amines) is 1. The summed E-state index contributed by atoms with van der Waals surface area (Å²) in [5.74, 6) is 0.0950. The highest BCUT2D eigenvalue weighted by Crippen LogP contribution is 2.46. The maximum absolute atomic E-state index is 12.9. The van der Waals surface area contributed by atoms with E-state index >= 15 is 0 Å². The fraction of sp³-hybridized carbons (Fsp3) is 0.438. The van der Waals surface area contributed by atoms with E-state index in [0.29, 0.717) is 5.57 Å². The Bertz CT molecular complexity index is 571. The number of carbonyl (C=O) groups excluding carboxylic acids is 1. The number of benzene rings is 1. The third kappa shape index (κ3) is 1.79. The summed E-state index contributed by atoms with van der Waals surface area (Å²) in [6.45, 7) is 5.04. The minimum atomic E-state index is -0.584. The molecule has 1 unspecified atom stereocenters. The summed E-state index contributed by atoms with van der Waals surface area (Å²) in [5.41, 5.74) is 2.00. The standard InChI is InChI=1S/C16H19FN2O/c1-12(9-17)10-19-14-6-4-3-5-13(14)16(15(19)20)7-8-18(2)11-16/h3-6H,1,7-11H2,2H3. The summed E-state index contributed by atoms with van der Waals surface area (Å²) < 4.78 is 12.7. The van der Waals surface area contributed by atoms with Gasteiger partial charge in [0.1, 0.15) is 6.67 Å². The van der Waals surface area contributed by atoms with E-state index in [0.717, 1.165) is 30.8 Å². The third-order valence-electron chi connectivity index (χ3n) is 4.40. The van der Waals surface area contributed by atoms with Gasteiger partial charge in [-0.1, -0.05) is 24.8 Å². The van der Waals surface area contributed by atoms with E-state index in [1.165, 1.54) is 0 Å². The van der Waals surface area contributed by atoms with Crippen LogP contribution in [0.3, 0.4) is 0 Å². The second-order valence-corrected chi connectivity index (χ2v) is 5.86. The van der Waals surface area contributed by atoms with E-state index in [1.54, 1.807) is 4.90 Å². The van der Waals surface area contributed by atoms with E-state index in [-0.39, 0.29) is 12.5 Å². The van der Waals surface area contributed by atoms with Gasteiger partial charge in [-0.2, -0.15) is 0 Å². The van der Waals surface area contributed by atoms with Gasteiger partial charge in [0.05, 0.1) is 5.41 Å². The first-order chi connectivity index (χ1) is 9.58. The van der Waals surface area contributed by atoms with E-state index in [2.05, 4.69) is 11.5 Å². The van der Waals surface area contributed by atoms with Gasteiger partial charge >= 0.3 is 0 Å². The largest absolute Gasteiger partial charge is 0.307 e. The zero-order valence-electron chi connectivity index (χ0n) is 11.7. The molecule has 1 aromatic rings. The van der Waals surface area contributed by atoms with Gasteiger partial charge in [-0.05, 0) is 37.2 Å². The zero-order valence-corrected chi connectivity index (χ0v) is 11.7. The molecule has 1 aromatic carbocycles. The molecule has 2 aliphatic rings. The van der Waals surface area contributed by atoms with Crippen LogP contribution in [0.15, 0.2) is 36.4 Å². The average Bonchev–Trinajstić information content (AvgIpc) is 2.95. The van der Waals surface area contributed by atoms with Crippen LogP contribution in [-0.4, -0.2) is 44.2 Å². The number of fused-ring (bicyclic) bond motifs is 2. The molecule has 0 saturated carbocycles. The topological polar surface area (TPSA) is 23.6 Å². The van der Waals surface area contributed by atoms with Crippen LogP contribution in [0, 0.1) is 0 Å². The average molecular weight is 274 g/mol. The first-order valence-corrected chi connectivity index (χ1v) is 6.91. The molecule has 0 aliphatic carbocycles. The Hall–Kier alpha value is -1.68. The first-order valence-electron chi connectivity index (χ1n) is 6.91. The van der Waals surface area contributed by atoms with Gasteiger partial charge in [0.15, 0.2) is 0 Å². The molecule has 0 N–H and O–H groups in total. The van der Waals surface area contributed by atoms with Crippen molar-refractivity contribution in [1.82, 2.24) is 4.90 Å². The lowest BCUT2D eigenvalue weighted by atomic mass is 9.81. The maximum Gasteiger partial charge on any atom is 0.239 e. The molecule has 0 bridgehead atoms. The van der Waals surface area contributed by atoms with Crippen molar-refractivity contribution < 1.29 is 9.18 Å². The number of hydrogen-bond donors (Lipinski definition) is 0. The summed E-state index contributed by atoms with van der Waals surface area (Å²) in [6.07, 6.45) is 0.831. The summed E-state index contributed by atoms with van der Waals surface area (Å²) >= 11 is 0. The molecule has 3 rings (SSSR count). The van der Waals surface area contributed by atoms with Gasteiger partial charge in [-0.15, -0.1) is 0 Å². The van der Waals surface area contributed by atoms with E-state index < -0.39 is 12.1 Å². The number of carbonyl (C=O) groups is 1. The summed E-state index contributed by atoms with van der Waals surface area (Å²) in [7, 11) is 2.04. The van der Waals surface area contributed by atoms with Crippen molar-refractivity contribution in [3.05, 3.63) is 42.0 Å². The van der Waals surface area contributed by atoms with Crippen molar-refractivity contribution in [2.45, 2.75) is 11.8 Å². The van der Waals surface area contributed by atoms with E-state index in [9.17, 15) is 9.18 Å². The molecule has 3 nitrogen and oxygen atoms in total. The van der Waals surface area contributed by atoms with Crippen LogP contribution in [0.5, 0.6) is 0 Å². The Balaban J connectivity index is 2.04. The monoisotopic (exact) mass is 274 g/mol. The minimum Gasteiger partial charge on any atom is -0.307 e. The first kappa shape index (κ1) is 13.3. The number of hydrogen-bond acceptors (Lipinski definition) is 2. The molecule has 20 heavy (non-hydrogen) atoms. The molecule has 1 amide bonds. The molecular formula is C16H19FN2O. The van der Waals surface area contributed by atoms with Crippen LogP contribution in [0.1, 0.15) is 12.0 Å². The molecule has 0 radical (unpaired) electrons. The van der Waals surface area contributed by atoms with Crippen LogP contribution in [0.25, 0.3) is 0 Å². The highest BCUT2D eigenvalue weighted by atomic mass is 19.1. The Kier molecular flexibility index (Phi) is 3.13. The SMILES string of the molecule is C=C(CF)CN1C(=O)C2(CCN(C)C2)c2ccccc21. The summed E-state index contributed by atoms with van der Waals surface area (Å²) in [4.78, 5) is 16.8. The molecule has 2 heterocycles. The van der Waals surface area contributed by atoms with Gasteiger partial charge in [0.25, 0.3) is 0 Å². The normalized spacial score (nSPS) is 25.5. The third-order valence-corrected chi connectivity index (χ3v) is 4.40. The fourth-order valence-corrected chi connectivity index (χ4v) is 3.41. The molecule has 1 atom stereocenters. The maximum atomic E-state index is 12.9. The lowest BCUT2D eigenvalue weighted by Crippen LogP contribution is -2.42. The van der Waals surface area contributed by atoms with Gasteiger partial charge in [-0.3, -0.25) is 4.79 Å². The molecule has 1 spiro atoms. The number of para-hydroxylation sites is 1. The number of nitrogens with zero attached hydrogens (tertiary/aromatic N) is 2. The van der Waals surface area contributed by atoms with Gasteiger partial charge in [0.2, 0.25) is 5.91 Å². The Morgan fingerprint density at radius 3 is 2.85 bits per heavy atom. The van der Waals surface area contributed by atoms with Crippen LogP contribution in [0.2, 0.25) is 0 Å². The van der Waals surface area contributed by atoms with Crippen LogP contribution in [0.4, 0.5) is 10.1 Å². The lowest BCUT2D eigenvalue weighted by Gasteiger charge is -2.24. The highest BCUT2D eigenvalue weighted by molar-refractivity contribution is 6.08. The van der Waals surface area contributed by atoms with Crippen molar-refractivity contribution >= 4 is 11.6 Å². The second-order valence-electron chi connectivity index (χ2n) is 5.86. The Morgan fingerprint density at radius 1 is 1.45 bits per heavy atom. The second kappa shape index (κ2) is 4.70. The van der Waals surface area contributed by atoms with Gasteiger partial charge < -0.3 is 9.80 Å².